The van der Waals surface area contributed by atoms with Gasteiger partial charge in [-0.25, -0.2) is 4.98 Å². The fourth-order valence-corrected chi connectivity index (χ4v) is 1.39. The summed E-state index contributed by atoms with van der Waals surface area (Å²) in [4.78, 5) is 4.15. The maximum atomic E-state index is 6.00. The minimum absolute atomic E-state index is 0.313. The van der Waals surface area contributed by atoms with Gasteiger partial charge in [0.15, 0.2) is 0 Å². The van der Waals surface area contributed by atoms with Gasteiger partial charge in [0.25, 0.3) is 0 Å². The number of alkyl halides is 1. The third-order valence-corrected chi connectivity index (χ3v) is 2.69. The SMILES string of the molecule is CCC(Cl)CCCc1ncnn1C. The van der Waals surface area contributed by atoms with Gasteiger partial charge in [-0.1, -0.05) is 6.92 Å². The number of rotatable bonds is 5. The first kappa shape index (κ1) is 10.5. The number of aromatic nitrogens is 3. The molecule has 0 saturated carbocycles. The molecule has 0 fully saturated rings. The minimum Gasteiger partial charge on any atom is -0.253 e. The van der Waals surface area contributed by atoms with Crippen LogP contribution in [0.25, 0.3) is 0 Å². The molecule has 1 rings (SSSR count). The summed E-state index contributed by atoms with van der Waals surface area (Å²) < 4.78 is 1.81. The lowest BCUT2D eigenvalue weighted by Gasteiger charge is -2.04. The van der Waals surface area contributed by atoms with Crippen molar-refractivity contribution in [1.29, 1.82) is 0 Å². The maximum absolute atomic E-state index is 6.00. The molecule has 1 heterocycles. The molecule has 0 N–H and O–H groups in total. The molecule has 13 heavy (non-hydrogen) atoms. The van der Waals surface area contributed by atoms with E-state index in [9.17, 15) is 0 Å². The standard InChI is InChI=1S/C9H16ClN3/c1-3-8(10)5-4-6-9-11-7-12-13(9)2/h7-8H,3-6H2,1-2H3. The number of aryl methyl sites for hydroxylation is 2. The highest BCUT2D eigenvalue weighted by atomic mass is 35.5. The number of nitrogens with zero attached hydrogens (tertiary/aromatic N) is 3. The molecule has 0 aromatic carbocycles. The van der Waals surface area contributed by atoms with E-state index in [0.29, 0.717) is 5.38 Å². The molecule has 0 amide bonds. The maximum Gasteiger partial charge on any atom is 0.138 e. The van der Waals surface area contributed by atoms with Crippen LogP contribution in [0.5, 0.6) is 0 Å². The molecule has 0 aliphatic heterocycles. The number of halogens is 1. The second-order valence-corrected chi connectivity index (χ2v) is 3.81. The fraction of sp³-hybridized carbons (Fsp3) is 0.778. The van der Waals surface area contributed by atoms with Crippen LogP contribution in [0, 0.1) is 0 Å². The molecule has 3 nitrogen and oxygen atoms in total. The average molecular weight is 202 g/mol. The predicted octanol–water partition coefficient (Wildman–Crippen LogP) is 2.16. The summed E-state index contributed by atoms with van der Waals surface area (Å²) in [7, 11) is 1.92. The van der Waals surface area contributed by atoms with E-state index in [-0.39, 0.29) is 0 Å². The summed E-state index contributed by atoms with van der Waals surface area (Å²) in [5.74, 6) is 1.04. The molecule has 1 unspecified atom stereocenters. The van der Waals surface area contributed by atoms with Crippen molar-refractivity contribution in [2.75, 3.05) is 0 Å². The van der Waals surface area contributed by atoms with Crippen molar-refractivity contribution in [3.8, 4) is 0 Å². The molecule has 0 aliphatic rings. The highest BCUT2D eigenvalue weighted by molar-refractivity contribution is 6.20. The summed E-state index contributed by atoms with van der Waals surface area (Å²) in [6, 6.07) is 0. The van der Waals surface area contributed by atoms with Gasteiger partial charge >= 0.3 is 0 Å². The third-order valence-electron chi connectivity index (χ3n) is 2.17. The van der Waals surface area contributed by atoms with E-state index in [2.05, 4.69) is 17.0 Å². The summed E-state index contributed by atoms with van der Waals surface area (Å²) in [5, 5.41) is 4.32. The van der Waals surface area contributed by atoms with Crippen LogP contribution < -0.4 is 0 Å². The largest absolute Gasteiger partial charge is 0.253 e. The summed E-state index contributed by atoms with van der Waals surface area (Å²) in [5.41, 5.74) is 0. The Morgan fingerprint density at radius 1 is 1.62 bits per heavy atom. The fourth-order valence-electron chi connectivity index (χ4n) is 1.23. The summed E-state index contributed by atoms with van der Waals surface area (Å²) in [6.07, 6.45) is 5.76. The van der Waals surface area contributed by atoms with Crippen molar-refractivity contribution in [2.45, 2.75) is 38.0 Å². The normalized spacial score (nSPS) is 13.2. The zero-order valence-electron chi connectivity index (χ0n) is 8.20. The Hall–Kier alpha value is -0.570. The molecular formula is C9H16ClN3. The molecule has 0 bridgehead atoms. The van der Waals surface area contributed by atoms with Gasteiger partial charge in [0.1, 0.15) is 12.2 Å². The van der Waals surface area contributed by atoms with Crippen LogP contribution in [-0.2, 0) is 13.5 Å². The molecular weight excluding hydrogens is 186 g/mol. The van der Waals surface area contributed by atoms with Crippen molar-refractivity contribution in [2.24, 2.45) is 7.05 Å². The van der Waals surface area contributed by atoms with Crippen LogP contribution >= 0.6 is 11.6 Å². The van der Waals surface area contributed by atoms with Gasteiger partial charge in [0, 0.05) is 18.8 Å². The summed E-state index contributed by atoms with van der Waals surface area (Å²) in [6.45, 7) is 2.11. The molecule has 74 valence electrons. The molecule has 4 heteroatoms. The average Bonchev–Trinajstić information content (AvgIpc) is 2.52. The van der Waals surface area contributed by atoms with Crippen LogP contribution in [0.15, 0.2) is 6.33 Å². The minimum atomic E-state index is 0.313. The lowest BCUT2D eigenvalue weighted by Crippen LogP contribution is -2.02. The second kappa shape index (κ2) is 5.22. The van der Waals surface area contributed by atoms with Gasteiger partial charge in [-0.2, -0.15) is 5.10 Å². The molecule has 0 spiro atoms. The molecule has 1 atom stereocenters. The second-order valence-electron chi connectivity index (χ2n) is 3.20. The smallest absolute Gasteiger partial charge is 0.138 e. The third kappa shape index (κ3) is 3.35. The van der Waals surface area contributed by atoms with Gasteiger partial charge in [0.05, 0.1) is 0 Å². The molecule has 0 aliphatic carbocycles. The van der Waals surface area contributed by atoms with E-state index in [1.54, 1.807) is 6.33 Å². The van der Waals surface area contributed by atoms with Crippen molar-refractivity contribution >= 4 is 11.6 Å². The van der Waals surface area contributed by atoms with Crippen LogP contribution in [0.3, 0.4) is 0 Å². The first-order chi connectivity index (χ1) is 6.24. The van der Waals surface area contributed by atoms with Crippen LogP contribution in [0.2, 0.25) is 0 Å². The highest BCUT2D eigenvalue weighted by Crippen LogP contribution is 2.11. The molecule has 0 radical (unpaired) electrons. The van der Waals surface area contributed by atoms with E-state index >= 15 is 0 Å². The van der Waals surface area contributed by atoms with Crippen LogP contribution in [-0.4, -0.2) is 20.1 Å². The predicted molar refractivity (Wildman–Crippen MR) is 53.9 cm³/mol. The summed E-state index contributed by atoms with van der Waals surface area (Å²) >= 11 is 6.00. The van der Waals surface area contributed by atoms with Gasteiger partial charge in [-0.05, 0) is 19.3 Å². The Balaban J connectivity index is 2.24. The Labute approximate surface area is 84.1 Å². The monoisotopic (exact) mass is 201 g/mol. The van der Waals surface area contributed by atoms with Gasteiger partial charge < -0.3 is 0 Å². The first-order valence-corrected chi connectivity index (χ1v) is 5.14. The molecule has 1 aromatic heterocycles. The highest BCUT2D eigenvalue weighted by Gasteiger charge is 2.03. The van der Waals surface area contributed by atoms with Crippen molar-refractivity contribution in [1.82, 2.24) is 14.8 Å². The zero-order valence-corrected chi connectivity index (χ0v) is 8.96. The Morgan fingerprint density at radius 3 is 2.92 bits per heavy atom. The Bertz CT molecular complexity index is 247. The van der Waals surface area contributed by atoms with Crippen molar-refractivity contribution in [3.63, 3.8) is 0 Å². The van der Waals surface area contributed by atoms with E-state index in [1.165, 1.54) is 0 Å². The first-order valence-electron chi connectivity index (χ1n) is 4.71. The lowest BCUT2D eigenvalue weighted by atomic mass is 10.1. The van der Waals surface area contributed by atoms with E-state index in [4.69, 9.17) is 11.6 Å². The van der Waals surface area contributed by atoms with E-state index in [0.717, 1.165) is 31.5 Å². The zero-order chi connectivity index (χ0) is 9.68. The van der Waals surface area contributed by atoms with Crippen molar-refractivity contribution in [3.05, 3.63) is 12.2 Å². The quantitative estimate of drug-likeness (QED) is 0.684. The topological polar surface area (TPSA) is 30.7 Å². The number of hydrogen-bond acceptors (Lipinski definition) is 2. The lowest BCUT2D eigenvalue weighted by molar-refractivity contribution is 0.626. The number of hydrogen-bond donors (Lipinski definition) is 0. The van der Waals surface area contributed by atoms with Crippen molar-refractivity contribution < 1.29 is 0 Å². The molecule has 0 saturated heterocycles. The van der Waals surface area contributed by atoms with Crippen LogP contribution in [0.4, 0.5) is 0 Å². The Kier molecular flexibility index (Phi) is 4.22. The van der Waals surface area contributed by atoms with Gasteiger partial charge in [0.2, 0.25) is 0 Å². The van der Waals surface area contributed by atoms with E-state index in [1.807, 2.05) is 11.7 Å². The van der Waals surface area contributed by atoms with Gasteiger partial charge in [-0.3, -0.25) is 4.68 Å². The Morgan fingerprint density at radius 2 is 2.38 bits per heavy atom. The van der Waals surface area contributed by atoms with Gasteiger partial charge in [-0.15, -0.1) is 11.6 Å². The molecule has 1 aromatic rings. The van der Waals surface area contributed by atoms with Crippen LogP contribution in [0.1, 0.15) is 32.0 Å². The van der Waals surface area contributed by atoms with E-state index < -0.39 is 0 Å².